The first kappa shape index (κ1) is 22.1. The Hall–Kier alpha value is -2.22. The molecule has 1 aromatic carbocycles. The third-order valence-electron chi connectivity index (χ3n) is 4.16. The third kappa shape index (κ3) is 7.07. The smallest absolute Gasteiger partial charge is 0.277 e. The largest absolute Gasteiger partial charge is 0.497 e. The van der Waals surface area contributed by atoms with E-state index < -0.39 is 0 Å². The van der Waals surface area contributed by atoms with Gasteiger partial charge >= 0.3 is 0 Å². The molecule has 0 aliphatic rings. The molecule has 1 amide bonds. The predicted molar refractivity (Wildman–Crippen MR) is 110 cm³/mol. The Balaban J connectivity index is 1.87. The first-order valence-electron chi connectivity index (χ1n) is 9.40. The lowest BCUT2D eigenvalue weighted by molar-refractivity contribution is -0.119. The summed E-state index contributed by atoms with van der Waals surface area (Å²) in [7, 11) is 3.16. The van der Waals surface area contributed by atoms with Gasteiger partial charge in [-0.15, -0.1) is 10.2 Å². The van der Waals surface area contributed by atoms with Gasteiger partial charge in [-0.05, 0) is 31.4 Å². The van der Waals surface area contributed by atoms with Gasteiger partial charge in [-0.1, -0.05) is 38.5 Å². The number of carbonyl (C=O) groups excluding carboxylic acids is 1. The van der Waals surface area contributed by atoms with Crippen LogP contribution in [0, 0.1) is 5.92 Å². The number of hydrogen-bond acceptors (Lipinski definition) is 7. The van der Waals surface area contributed by atoms with Gasteiger partial charge in [-0.25, -0.2) is 0 Å². The Kier molecular flexibility index (Phi) is 8.63. The second-order valence-corrected chi connectivity index (χ2v) is 7.98. The van der Waals surface area contributed by atoms with E-state index in [1.165, 1.54) is 18.2 Å². The van der Waals surface area contributed by atoms with Crippen molar-refractivity contribution in [2.45, 2.75) is 51.3 Å². The number of nitrogens with one attached hydrogen (secondary N) is 1. The monoisotopic (exact) mass is 407 g/mol. The van der Waals surface area contributed by atoms with Crippen LogP contribution in [-0.2, 0) is 4.79 Å². The summed E-state index contributed by atoms with van der Waals surface area (Å²) in [5.74, 6) is 2.50. The summed E-state index contributed by atoms with van der Waals surface area (Å²) >= 11 is 1.22. The molecule has 2 rings (SSSR count). The van der Waals surface area contributed by atoms with E-state index >= 15 is 0 Å². The van der Waals surface area contributed by atoms with Crippen LogP contribution in [0.3, 0.4) is 0 Å². The van der Waals surface area contributed by atoms with Gasteiger partial charge in [0.05, 0.1) is 20.0 Å². The van der Waals surface area contributed by atoms with Gasteiger partial charge in [-0.3, -0.25) is 4.79 Å². The third-order valence-corrected chi connectivity index (χ3v) is 4.98. The minimum Gasteiger partial charge on any atom is -0.497 e. The topological polar surface area (TPSA) is 86.5 Å². The number of nitrogens with zero attached hydrogens (tertiary/aromatic N) is 2. The van der Waals surface area contributed by atoms with Crippen LogP contribution in [0.4, 0.5) is 0 Å². The van der Waals surface area contributed by atoms with E-state index in [2.05, 4.69) is 29.4 Å². The van der Waals surface area contributed by atoms with Crippen molar-refractivity contribution in [1.82, 2.24) is 15.5 Å². The van der Waals surface area contributed by atoms with Crippen molar-refractivity contribution in [3.05, 3.63) is 18.2 Å². The number of aromatic nitrogens is 2. The normalized spacial score (nSPS) is 12.1. The van der Waals surface area contributed by atoms with E-state index in [0.29, 0.717) is 34.1 Å². The minimum absolute atomic E-state index is 0.0372. The number of benzene rings is 1. The van der Waals surface area contributed by atoms with Crippen molar-refractivity contribution in [1.29, 1.82) is 0 Å². The summed E-state index contributed by atoms with van der Waals surface area (Å²) in [5.41, 5.74) is 0.693. The van der Waals surface area contributed by atoms with E-state index in [9.17, 15) is 4.79 Å². The van der Waals surface area contributed by atoms with Crippen LogP contribution in [0.5, 0.6) is 11.5 Å². The lowest BCUT2D eigenvalue weighted by Crippen LogP contribution is -2.33. The number of amides is 1. The van der Waals surface area contributed by atoms with E-state index in [4.69, 9.17) is 13.9 Å². The Morgan fingerprint density at radius 1 is 1.11 bits per heavy atom. The molecule has 0 radical (unpaired) electrons. The van der Waals surface area contributed by atoms with Gasteiger partial charge in [-0.2, -0.15) is 0 Å². The quantitative estimate of drug-likeness (QED) is 0.559. The summed E-state index contributed by atoms with van der Waals surface area (Å²) in [6.45, 7) is 6.45. The average molecular weight is 408 g/mol. The number of rotatable bonds is 11. The number of hydrogen-bond donors (Lipinski definition) is 1. The van der Waals surface area contributed by atoms with Crippen molar-refractivity contribution < 1.29 is 18.7 Å². The maximum Gasteiger partial charge on any atom is 0.277 e. The van der Waals surface area contributed by atoms with Crippen LogP contribution in [0.1, 0.15) is 40.0 Å². The van der Waals surface area contributed by atoms with E-state index in [1.54, 1.807) is 32.4 Å². The van der Waals surface area contributed by atoms with Crippen LogP contribution in [0.15, 0.2) is 27.8 Å². The summed E-state index contributed by atoms with van der Waals surface area (Å²) in [6, 6.07) is 5.50. The predicted octanol–water partition coefficient (Wildman–Crippen LogP) is 4.18. The maximum absolute atomic E-state index is 12.1. The molecule has 1 atom stereocenters. The van der Waals surface area contributed by atoms with Crippen LogP contribution >= 0.6 is 11.8 Å². The zero-order valence-electron chi connectivity index (χ0n) is 17.2. The van der Waals surface area contributed by atoms with Crippen molar-refractivity contribution in [2.24, 2.45) is 5.92 Å². The zero-order chi connectivity index (χ0) is 20.5. The molecule has 8 heteroatoms. The van der Waals surface area contributed by atoms with Crippen LogP contribution in [0.2, 0.25) is 0 Å². The molecule has 2 aromatic rings. The molecular formula is C20H29N3O4S. The fourth-order valence-corrected chi connectivity index (χ4v) is 3.24. The second-order valence-electron chi connectivity index (χ2n) is 7.06. The highest BCUT2D eigenvalue weighted by Crippen LogP contribution is 2.30. The fraction of sp³-hybridized carbons (Fsp3) is 0.550. The molecule has 1 heterocycles. The number of ether oxygens (including phenoxy) is 2. The van der Waals surface area contributed by atoms with Crippen molar-refractivity contribution >= 4 is 17.7 Å². The van der Waals surface area contributed by atoms with Crippen LogP contribution in [0.25, 0.3) is 11.5 Å². The highest BCUT2D eigenvalue weighted by atomic mass is 32.2. The molecule has 0 spiro atoms. The average Bonchev–Trinajstić information content (AvgIpc) is 3.14. The van der Waals surface area contributed by atoms with Gasteiger partial charge in [0.15, 0.2) is 0 Å². The molecule has 1 aromatic heterocycles. The van der Waals surface area contributed by atoms with Gasteiger partial charge in [0.2, 0.25) is 11.8 Å². The summed E-state index contributed by atoms with van der Waals surface area (Å²) < 4.78 is 16.2. The second kappa shape index (κ2) is 10.9. The molecule has 0 saturated carbocycles. The van der Waals surface area contributed by atoms with Gasteiger partial charge < -0.3 is 19.2 Å². The molecule has 0 unspecified atom stereocenters. The van der Waals surface area contributed by atoms with Gasteiger partial charge in [0.25, 0.3) is 5.22 Å². The van der Waals surface area contributed by atoms with E-state index in [0.717, 1.165) is 12.8 Å². The maximum atomic E-state index is 12.1. The SMILES string of the molecule is COc1cc(OC)cc(-c2nnc(SCC(=O)N[C@@H](C)CCCC(C)C)o2)c1. The van der Waals surface area contributed by atoms with Crippen LogP contribution < -0.4 is 14.8 Å². The lowest BCUT2D eigenvalue weighted by atomic mass is 10.0. The molecule has 0 fully saturated rings. The van der Waals surface area contributed by atoms with Crippen LogP contribution in [-0.4, -0.2) is 42.1 Å². The number of thioether (sulfide) groups is 1. The molecule has 0 aliphatic heterocycles. The van der Waals surface area contributed by atoms with E-state index in [1.807, 2.05) is 6.92 Å². The Morgan fingerprint density at radius 2 is 1.79 bits per heavy atom. The highest BCUT2D eigenvalue weighted by Gasteiger charge is 2.14. The molecule has 0 saturated heterocycles. The fourth-order valence-electron chi connectivity index (χ4n) is 2.66. The van der Waals surface area contributed by atoms with Gasteiger partial charge in [0, 0.05) is 17.7 Å². The molecule has 0 aliphatic carbocycles. The van der Waals surface area contributed by atoms with Crippen molar-refractivity contribution in [3.8, 4) is 23.0 Å². The Labute approximate surface area is 170 Å². The number of carbonyl (C=O) groups is 1. The Bertz CT molecular complexity index is 741. The number of methoxy groups -OCH3 is 2. The minimum atomic E-state index is -0.0372. The molecule has 7 nitrogen and oxygen atoms in total. The Morgan fingerprint density at radius 3 is 2.39 bits per heavy atom. The summed E-state index contributed by atoms with van der Waals surface area (Å²) in [5, 5.41) is 11.4. The summed E-state index contributed by atoms with van der Waals surface area (Å²) in [4.78, 5) is 12.1. The first-order chi connectivity index (χ1) is 13.4. The standard InChI is InChI=1S/C20H29N3O4S/c1-13(2)7-6-8-14(3)21-18(24)12-28-20-23-22-19(27-20)15-9-16(25-4)11-17(10-15)26-5/h9-11,13-14H,6-8,12H2,1-5H3,(H,21,24)/t14-/m0/s1. The molecule has 28 heavy (non-hydrogen) atoms. The van der Waals surface area contributed by atoms with Crippen molar-refractivity contribution in [3.63, 3.8) is 0 Å². The molecule has 1 N–H and O–H groups in total. The lowest BCUT2D eigenvalue weighted by Gasteiger charge is -2.14. The first-order valence-corrected chi connectivity index (χ1v) is 10.4. The summed E-state index contributed by atoms with van der Waals surface area (Å²) in [6.07, 6.45) is 3.27. The highest BCUT2D eigenvalue weighted by molar-refractivity contribution is 7.99. The van der Waals surface area contributed by atoms with Gasteiger partial charge in [0.1, 0.15) is 11.5 Å². The van der Waals surface area contributed by atoms with Crippen molar-refractivity contribution in [2.75, 3.05) is 20.0 Å². The zero-order valence-corrected chi connectivity index (χ0v) is 18.0. The molecule has 0 bridgehead atoms. The molecular weight excluding hydrogens is 378 g/mol. The molecule has 154 valence electrons. The van der Waals surface area contributed by atoms with E-state index in [-0.39, 0.29) is 17.7 Å².